The Kier molecular flexibility index (Phi) is 6.06. The van der Waals surface area contributed by atoms with E-state index in [1.165, 1.54) is 42.2 Å². The van der Waals surface area contributed by atoms with Gasteiger partial charge in [-0.15, -0.1) is 10.2 Å². The number of pyridine rings is 1. The summed E-state index contributed by atoms with van der Waals surface area (Å²) < 4.78 is 44.2. The molecule has 0 radical (unpaired) electrons. The summed E-state index contributed by atoms with van der Waals surface area (Å²) in [5.74, 6) is 0.226. The highest BCUT2D eigenvalue weighted by Gasteiger charge is 2.20. The van der Waals surface area contributed by atoms with Crippen molar-refractivity contribution < 1.29 is 18.3 Å². The average Bonchev–Trinajstić information content (AvgIpc) is 3.43. The summed E-state index contributed by atoms with van der Waals surface area (Å²) in [4.78, 5) is 8.91. The van der Waals surface area contributed by atoms with Crippen molar-refractivity contribution in [1.29, 1.82) is 0 Å². The number of halogens is 4. The fraction of sp³-hybridized carbons (Fsp3) is 0.174. The van der Waals surface area contributed by atoms with Gasteiger partial charge in [0, 0.05) is 17.3 Å². The summed E-state index contributed by atoms with van der Waals surface area (Å²) in [6, 6.07) is 10.4. The number of hydrogen-bond acceptors (Lipinski definition) is 7. The second kappa shape index (κ2) is 9.21. The Balaban J connectivity index is 1.58. The molecule has 5 aromatic rings. The Morgan fingerprint density at radius 3 is 2.56 bits per heavy atom. The van der Waals surface area contributed by atoms with Crippen molar-refractivity contribution in [2.75, 3.05) is 5.32 Å². The first-order valence-corrected chi connectivity index (χ1v) is 11.1. The molecule has 5 rings (SSSR count). The zero-order chi connectivity index (χ0) is 25.6. The van der Waals surface area contributed by atoms with E-state index in [1.807, 2.05) is 0 Å². The lowest BCUT2D eigenvalue weighted by atomic mass is 10.1. The van der Waals surface area contributed by atoms with Crippen LogP contribution in [0.4, 0.5) is 24.7 Å². The summed E-state index contributed by atoms with van der Waals surface area (Å²) in [5.41, 5.74) is 1.40. The highest BCUT2D eigenvalue weighted by molar-refractivity contribution is 6.29. The summed E-state index contributed by atoms with van der Waals surface area (Å²) in [6.45, 7) is 3.15. The van der Waals surface area contributed by atoms with Crippen LogP contribution in [0.3, 0.4) is 0 Å². The molecule has 36 heavy (non-hydrogen) atoms. The molecule has 4 heterocycles. The molecular formula is C23H18ClF3N8O. The quantitative estimate of drug-likeness (QED) is 0.319. The Morgan fingerprint density at radius 2 is 1.89 bits per heavy atom. The number of aliphatic hydroxyl groups excluding tert-OH is 1. The number of imidazole rings is 1. The maximum Gasteiger partial charge on any atom is 0.282 e. The highest BCUT2D eigenvalue weighted by atomic mass is 35.5. The third-order valence-corrected chi connectivity index (χ3v) is 5.65. The molecule has 0 spiro atoms. The van der Waals surface area contributed by atoms with Crippen LogP contribution in [0.1, 0.15) is 36.4 Å². The van der Waals surface area contributed by atoms with Gasteiger partial charge < -0.3 is 10.4 Å². The van der Waals surface area contributed by atoms with Crippen molar-refractivity contribution in [1.82, 2.24) is 34.5 Å². The molecule has 184 valence electrons. The van der Waals surface area contributed by atoms with E-state index < -0.39 is 24.0 Å². The minimum atomic E-state index is -2.76. The lowest BCUT2D eigenvalue weighted by Gasteiger charge is -2.15. The van der Waals surface area contributed by atoms with Crippen LogP contribution < -0.4 is 5.32 Å². The third-order valence-electron chi connectivity index (χ3n) is 5.45. The number of aliphatic hydroxyl groups is 1. The summed E-state index contributed by atoms with van der Waals surface area (Å²) >= 11 is 5.74. The standard InChI is InChI=1S/C23H18ClF3N8O/c1-11-7-17(22(26)27)33-35(11)23-13(12(2)36)3-6-21(30-23)34-10-28-16-9-15(14(25)8-18(16)34)29-20-5-4-19(24)31-32-20/h3-10,12,22,36H,1-2H3,(H,29,32). The minimum absolute atomic E-state index is 0.133. The van der Waals surface area contributed by atoms with Gasteiger partial charge in [-0.3, -0.25) is 4.57 Å². The average molecular weight is 515 g/mol. The molecule has 1 atom stereocenters. The van der Waals surface area contributed by atoms with Gasteiger partial charge in [-0.05, 0) is 50.2 Å². The Bertz CT molecular complexity index is 1570. The summed E-state index contributed by atoms with van der Waals surface area (Å²) in [7, 11) is 0. The van der Waals surface area contributed by atoms with Crippen LogP contribution in [0.5, 0.6) is 0 Å². The van der Waals surface area contributed by atoms with Gasteiger partial charge in [0.1, 0.15) is 23.7 Å². The second-order valence-electron chi connectivity index (χ2n) is 7.98. The van der Waals surface area contributed by atoms with Gasteiger partial charge in [0.25, 0.3) is 6.43 Å². The highest BCUT2D eigenvalue weighted by Crippen LogP contribution is 2.29. The lowest BCUT2D eigenvalue weighted by molar-refractivity contribution is 0.145. The fourth-order valence-electron chi connectivity index (χ4n) is 3.73. The predicted molar refractivity (Wildman–Crippen MR) is 127 cm³/mol. The Labute approximate surface area is 207 Å². The number of anilines is 2. The van der Waals surface area contributed by atoms with Crippen molar-refractivity contribution in [3.8, 4) is 11.6 Å². The van der Waals surface area contributed by atoms with E-state index >= 15 is 0 Å². The van der Waals surface area contributed by atoms with Crippen molar-refractivity contribution in [3.05, 3.63) is 76.7 Å². The summed E-state index contributed by atoms with van der Waals surface area (Å²) in [5, 5.41) is 24.8. The molecule has 13 heteroatoms. The molecule has 1 aromatic carbocycles. The zero-order valence-corrected chi connectivity index (χ0v) is 19.6. The van der Waals surface area contributed by atoms with Crippen molar-refractivity contribution >= 4 is 34.1 Å². The number of nitrogens with zero attached hydrogens (tertiary/aromatic N) is 7. The van der Waals surface area contributed by atoms with E-state index in [0.29, 0.717) is 33.9 Å². The molecule has 9 nitrogen and oxygen atoms in total. The van der Waals surface area contributed by atoms with E-state index in [0.717, 1.165) is 0 Å². The Morgan fingerprint density at radius 1 is 1.08 bits per heavy atom. The van der Waals surface area contributed by atoms with Crippen LogP contribution in [-0.4, -0.2) is 39.6 Å². The number of aromatic nitrogens is 7. The molecule has 2 N–H and O–H groups in total. The molecule has 0 amide bonds. The molecule has 0 aliphatic rings. The molecule has 0 aliphatic carbocycles. The SMILES string of the molecule is Cc1cc(C(F)F)nn1-c1nc(-n2cnc3cc(Nc4ccc(Cl)nn4)c(F)cc32)ccc1C(C)O. The number of hydrogen-bond donors (Lipinski definition) is 2. The number of rotatable bonds is 6. The summed E-state index contributed by atoms with van der Waals surface area (Å²) in [6.07, 6.45) is -2.24. The number of alkyl halides is 2. The molecule has 1 unspecified atom stereocenters. The molecule has 0 bridgehead atoms. The molecule has 4 aromatic heterocycles. The van der Waals surface area contributed by atoms with E-state index in [2.05, 4.69) is 30.6 Å². The van der Waals surface area contributed by atoms with Gasteiger partial charge in [-0.1, -0.05) is 11.6 Å². The molecule has 0 saturated carbocycles. The van der Waals surface area contributed by atoms with Crippen LogP contribution in [0.25, 0.3) is 22.7 Å². The van der Waals surface area contributed by atoms with Gasteiger partial charge in [-0.2, -0.15) is 5.10 Å². The van der Waals surface area contributed by atoms with Gasteiger partial charge in [0.2, 0.25) is 0 Å². The van der Waals surface area contributed by atoms with Crippen LogP contribution in [0.2, 0.25) is 5.15 Å². The monoisotopic (exact) mass is 514 g/mol. The van der Waals surface area contributed by atoms with Gasteiger partial charge in [0.15, 0.2) is 16.8 Å². The number of fused-ring (bicyclic) bond motifs is 1. The molecule has 0 fully saturated rings. The molecule has 0 aliphatic heterocycles. The molecule has 0 saturated heterocycles. The van der Waals surface area contributed by atoms with Crippen LogP contribution in [0.15, 0.2) is 48.8 Å². The first kappa shape index (κ1) is 23.7. The first-order valence-electron chi connectivity index (χ1n) is 10.7. The van der Waals surface area contributed by atoms with Crippen molar-refractivity contribution in [3.63, 3.8) is 0 Å². The third kappa shape index (κ3) is 4.36. The molecular weight excluding hydrogens is 497 g/mol. The van der Waals surface area contributed by atoms with E-state index in [-0.39, 0.29) is 16.7 Å². The van der Waals surface area contributed by atoms with Crippen LogP contribution in [0, 0.1) is 12.7 Å². The largest absolute Gasteiger partial charge is 0.389 e. The normalized spacial score (nSPS) is 12.4. The van der Waals surface area contributed by atoms with Crippen molar-refractivity contribution in [2.45, 2.75) is 26.4 Å². The first-order chi connectivity index (χ1) is 17.2. The van der Waals surface area contributed by atoms with E-state index in [4.69, 9.17) is 11.6 Å². The second-order valence-corrected chi connectivity index (χ2v) is 8.37. The smallest absolute Gasteiger partial charge is 0.282 e. The minimum Gasteiger partial charge on any atom is -0.389 e. The number of aryl methyl sites for hydroxylation is 1. The zero-order valence-electron chi connectivity index (χ0n) is 18.9. The number of benzene rings is 1. The number of nitrogens with one attached hydrogen (secondary N) is 1. The maximum atomic E-state index is 15.0. The topological polar surface area (TPSA) is 107 Å². The Hall–Kier alpha value is -4.03. The van der Waals surface area contributed by atoms with Crippen LogP contribution in [-0.2, 0) is 0 Å². The lowest BCUT2D eigenvalue weighted by Crippen LogP contribution is -2.11. The van der Waals surface area contributed by atoms with Crippen molar-refractivity contribution in [2.24, 2.45) is 0 Å². The van der Waals surface area contributed by atoms with Crippen LogP contribution >= 0.6 is 11.6 Å². The fourth-order valence-corrected chi connectivity index (χ4v) is 3.83. The van der Waals surface area contributed by atoms with Gasteiger partial charge in [-0.25, -0.2) is 27.8 Å². The predicted octanol–water partition coefficient (Wildman–Crippen LogP) is 5.23. The van der Waals surface area contributed by atoms with Gasteiger partial charge >= 0.3 is 0 Å². The van der Waals surface area contributed by atoms with Gasteiger partial charge in [0.05, 0.1) is 22.8 Å². The van der Waals surface area contributed by atoms with E-state index in [9.17, 15) is 18.3 Å². The van der Waals surface area contributed by atoms with E-state index in [1.54, 1.807) is 29.7 Å². The maximum absolute atomic E-state index is 15.0.